The fourth-order valence-corrected chi connectivity index (χ4v) is 4.12. The number of rotatable bonds is 6. The third-order valence-electron chi connectivity index (χ3n) is 5.82. The minimum absolute atomic E-state index is 0.0428. The summed E-state index contributed by atoms with van der Waals surface area (Å²) in [6.07, 6.45) is 7.70. The van der Waals surface area contributed by atoms with Crippen molar-refractivity contribution >= 4 is 29.2 Å². The molecule has 162 valence electrons. The van der Waals surface area contributed by atoms with Crippen molar-refractivity contribution in [2.45, 2.75) is 12.8 Å². The highest BCUT2D eigenvalue weighted by atomic mass is 16.5. The second-order valence-corrected chi connectivity index (χ2v) is 7.67. The number of hydrogen-bond acceptors (Lipinski definition) is 5. The number of para-hydroxylation sites is 2. The smallest absolute Gasteiger partial charge is 0.350 e. The molecule has 0 aromatic heterocycles. The standard InChI is InChI=1S/C23H26N4O4/c1-31-20-10-5-4-9-19(20)25-13-15-26(16-14-25)21(28)11-6-12-27-22(29)17-7-2-3-8-18(17)24-23(27)30/h2-5,7-10,17H,6,11-16H2,1H3. The molecule has 1 unspecified atom stereocenters. The fraction of sp³-hybridized carbons (Fsp3) is 0.391. The number of anilines is 1. The van der Waals surface area contributed by atoms with Crippen molar-refractivity contribution in [1.29, 1.82) is 0 Å². The van der Waals surface area contributed by atoms with Crippen LogP contribution < -0.4 is 9.64 Å². The van der Waals surface area contributed by atoms with Crippen LogP contribution in [0.5, 0.6) is 5.75 Å². The molecule has 8 nitrogen and oxygen atoms in total. The van der Waals surface area contributed by atoms with Crippen LogP contribution in [0.15, 0.2) is 53.6 Å². The second-order valence-electron chi connectivity index (χ2n) is 7.67. The molecule has 1 aliphatic carbocycles. The van der Waals surface area contributed by atoms with E-state index < -0.39 is 11.9 Å². The maximum absolute atomic E-state index is 12.6. The molecule has 31 heavy (non-hydrogen) atoms. The normalized spacial score (nSPS) is 20.6. The van der Waals surface area contributed by atoms with Crippen LogP contribution in [0.1, 0.15) is 12.8 Å². The molecule has 0 bridgehead atoms. The Morgan fingerprint density at radius 3 is 2.68 bits per heavy atom. The van der Waals surface area contributed by atoms with E-state index in [9.17, 15) is 14.4 Å². The van der Waals surface area contributed by atoms with E-state index in [1.54, 1.807) is 31.4 Å². The van der Waals surface area contributed by atoms with Gasteiger partial charge in [-0.2, -0.15) is 4.99 Å². The van der Waals surface area contributed by atoms with Crippen LogP contribution in [0.25, 0.3) is 0 Å². The monoisotopic (exact) mass is 422 g/mol. The highest BCUT2D eigenvalue weighted by molar-refractivity contribution is 6.21. The molecule has 0 radical (unpaired) electrons. The second kappa shape index (κ2) is 9.16. The molecule has 4 rings (SSSR count). The summed E-state index contributed by atoms with van der Waals surface area (Å²) >= 11 is 0. The zero-order chi connectivity index (χ0) is 21.8. The van der Waals surface area contributed by atoms with Gasteiger partial charge in [0.15, 0.2) is 0 Å². The lowest BCUT2D eigenvalue weighted by Crippen LogP contribution is -2.49. The first-order chi connectivity index (χ1) is 15.1. The van der Waals surface area contributed by atoms with E-state index >= 15 is 0 Å². The molecule has 4 amide bonds. The number of piperazine rings is 1. The van der Waals surface area contributed by atoms with Gasteiger partial charge in [-0.1, -0.05) is 30.4 Å². The number of allylic oxidation sites excluding steroid dienone is 3. The number of fused-ring (bicyclic) bond motifs is 1. The Kier molecular flexibility index (Phi) is 6.16. The van der Waals surface area contributed by atoms with Gasteiger partial charge in [0, 0.05) is 39.1 Å². The summed E-state index contributed by atoms with van der Waals surface area (Å²) < 4.78 is 5.44. The topological polar surface area (TPSA) is 82.5 Å². The Morgan fingerprint density at radius 1 is 1.13 bits per heavy atom. The Labute approximate surface area is 181 Å². The molecule has 0 saturated carbocycles. The number of nitrogens with zero attached hydrogens (tertiary/aromatic N) is 4. The summed E-state index contributed by atoms with van der Waals surface area (Å²) in [5.41, 5.74) is 1.52. The Hall–Kier alpha value is -3.42. The molecule has 2 aliphatic heterocycles. The minimum Gasteiger partial charge on any atom is -0.495 e. The molecule has 1 aromatic carbocycles. The number of aliphatic imine (C=N–C) groups is 1. The zero-order valence-corrected chi connectivity index (χ0v) is 17.6. The number of carbonyl (C=O) groups excluding carboxylic acids is 3. The number of benzene rings is 1. The van der Waals surface area contributed by atoms with Crippen LogP contribution >= 0.6 is 0 Å². The van der Waals surface area contributed by atoms with E-state index in [2.05, 4.69) is 9.89 Å². The largest absolute Gasteiger partial charge is 0.495 e. The first kappa shape index (κ1) is 20.8. The van der Waals surface area contributed by atoms with Crippen molar-refractivity contribution in [1.82, 2.24) is 9.80 Å². The van der Waals surface area contributed by atoms with Gasteiger partial charge in [0.25, 0.3) is 0 Å². The minimum atomic E-state index is -0.547. The van der Waals surface area contributed by atoms with Crippen molar-refractivity contribution in [3.05, 3.63) is 48.6 Å². The number of carbonyl (C=O) groups is 3. The molecule has 1 atom stereocenters. The first-order valence-corrected chi connectivity index (χ1v) is 10.5. The van der Waals surface area contributed by atoms with Gasteiger partial charge in [-0.3, -0.25) is 14.5 Å². The van der Waals surface area contributed by atoms with Gasteiger partial charge in [-0.25, -0.2) is 4.79 Å². The van der Waals surface area contributed by atoms with Crippen LogP contribution in [0.4, 0.5) is 10.5 Å². The SMILES string of the molecule is COc1ccccc1N1CCN(C(=O)CCCN2C(=O)N=C3C=CC=CC3C2=O)CC1. The third kappa shape index (κ3) is 4.38. The van der Waals surface area contributed by atoms with E-state index in [1.165, 1.54) is 0 Å². The molecule has 0 spiro atoms. The molecule has 1 fully saturated rings. The third-order valence-corrected chi connectivity index (χ3v) is 5.82. The van der Waals surface area contributed by atoms with E-state index in [-0.39, 0.29) is 18.4 Å². The number of urea groups is 1. The number of amides is 4. The number of ether oxygens (including phenoxy) is 1. The van der Waals surface area contributed by atoms with Gasteiger partial charge >= 0.3 is 6.03 Å². The summed E-state index contributed by atoms with van der Waals surface area (Å²) in [5, 5.41) is 0. The summed E-state index contributed by atoms with van der Waals surface area (Å²) in [6, 6.07) is 7.32. The lowest BCUT2D eigenvalue weighted by Gasteiger charge is -2.36. The van der Waals surface area contributed by atoms with Gasteiger partial charge in [0.1, 0.15) is 5.75 Å². The van der Waals surface area contributed by atoms with Crippen LogP contribution in [-0.4, -0.2) is 73.2 Å². The number of methoxy groups -OCH3 is 1. The first-order valence-electron chi connectivity index (χ1n) is 10.5. The van der Waals surface area contributed by atoms with Crippen LogP contribution in [0.3, 0.4) is 0 Å². The van der Waals surface area contributed by atoms with Gasteiger partial charge in [-0.05, 0) is 24.6 Å². The van der Waals surface area contributed by atoms with Gasteiger partial charge in [-0.15, -0.1) is 0 Å². The maximum Gasteiger partial charge on any atom is 0.350 e. The predicted molar refractivity (Wildman–Crippen MR) is 117 cm³/mol. The summed E-state index contributed by atoms with van der Waals surface area (Å²) in [4.78, 5) is 46.7. The molecule has 2 heterocycles. The predicted octanol–water partition coefficient (Wildman–Crippen LogP) is 2.27. The van der Waals surface area contributed by atoms with Crippen LogP contribution in [0, 0.1) is 5.92 Å². The summed E-state index contributed by atoms with van der Waals surface area (Å²) in [5.74, 6) is 0.100. The van der Waals surface area contributed by atoms with Crippen LogP contribution in [-0.2, 0) is 9.59 Å². The van der Waals surface area contributed by atoms with Crippen molar-refractivity contribution in [2.75, 3.05) is 44.7 Å². The Bertz CT molecular complexity index is 960. The van der Waals surface area contributed by atoms with Crippen molar-refractivity contribution in [3.63, 3.8) is 0 Å². The van der Waals surface area contributed by atoms with Crippen molar-refractivity contribution < 1.29 is 19.1 Å². The molecular formula is C23H26N4O4. The van der Waals surface area contributed by atoms with E-state index in [4.69, 9.17) is 4.74 Å². The van der Waals surface area contributed by atoms with Crippen molar-refractivity contribution in [2.24, 2.45) is 10.9 Å². The van der Waals surface area contributed by atoms with Gasteiger partial charge < -0.3 is 14.5 Å². The molecule has 8 heteroatoms. The average Bonchev–Trinajstić information content (AvgIpc) is 2.81. The highest BCUT2D eigenvalue weighted by Gasteiger charge is 2.35. The van der Waals surface area contributed by atoms with E-state index in [0.29, 0.717) is 31.6 Å². The zero-order valence-electron chi connectivity index (χ0n) is 17.6. The van der Waals surface area contributed by atoms with Gasteiger partial charge in [0.05, 0.1) is 24.4 Å². The maximum atomic E-state index is 12.6. The molecular weight excluding hydrogens is 396 g/mol. The Morgan fingerprint density at radius 2 is 1.90 bits per heavy atom. The molecule has 1 saturated heterocycles. The molecule has 0 N–H and O–H groups in total. The number of hydrogen-bond donors (Lipinski definition) is 0. The van der Waals surface area contributed by atoms with E-state index in [0.717, 1.165) is 29.4 Å². The lowest BCUT2D eigenvalue weighted by molar-refractivity contribution is -0.133. The summed E-state index contributed by atoms with van der Waals surface area (Å²) in [6.45, 7) is 2.93. The van der Waals surface area contributed by atoms with Crippen LogP contribution in [0.2, 0.25) is 0 Å². The molecule has 3 aliphatic rings. The quantitative estimate of drug-likeness (QED) is 0.702. The van der Waals surface area contributed by atoms with Crippen molar-refractivity contribution in [3.8, 4) is 5.75 Å². The molecule has 1 aromatic rings. The summed E-state index contributed by atoms with van der Waals surface area (Å²) in [7, 11) is 1.66. The fourth-order valence-electron chi connectivity index (χ4n) is 4.12. The average molecular weight is 422 g/mol. The van der Waals surface area contributed by atoms with Gasteiger partial charge in [0.2, 0.25) is 11.8 Å². The highest BCUT2D eigenvalue weighted by Crippen LogP contribution is 2.28. The Balaban J connectivity index is 1.26. The number of imide groups is 1. The lowest BCUT2D eigenvalue weighted by atomic mass is 9.95. The van der Waals surface area contributed by atoms with E-state index in [1.807, 2.05) is 29.2 Å².